The Labute approximate surface area is 96.7 Å². The van der Waals surface area contributed by atoms with Gasteiger partial charge in [0.05, 0.1) is 12.1 Å². The van der Waals surface area contributed by atoms with Crippen LogP contribution in [0.2, 0.25) is 0 Å². The van der Waals surface area contributed by atoms with Gasteiger partial charge < -0.3 is 10.5 Å². The molecule has 0 fully saturated rings. The number of halogens is 1. The second kappa shape index (κ2) is 4.09. The Morgan fingerprint density at radius 3 is 2.69 bits per heavy atom. The third kappa shape index (κ3) is 1.86. The summed E-state index contributed by atoms with van der Waals surface area (Å²) in [6.07, 6.45) is 0. The van der Waals surface area contributed by atoms with Crippen molar-refractivity contribution in [1.29, 1.82) is 0 Å². The SMILES string of the molecule is COc1ccc(-c2nc(C)sc2N)cc1F. The van der Waals surface area contributed by atoms with E-state index in [2.05, 4.69) is 4.98 Å². The molecule has 0 aliphatic carbocycles. The van der Waals surface area contributed by atoms with Crippen LogP contribution in [0.15, 0.2) is 18.2 Å². The highest BCUT2D eigenvalue weighted by atomic mass is 32.1. The molecule has 1 aromatic carbocycles. The van der Waals surface area contributed by atoms with E-state index in [1.165, 1.54) is 24.5 Å². The fourth-order valence-corrected chi connectivity index (χ4v) is 2.18. The van der Waals surface area contributed by atoms with Crippen molar-refractivity contribution in [2.75, 3.05) is 12.8 Å². The van der Waals surface area contributed by atoms with Crippen LogP contribution in [0.4, 0.5) is 9.39 Å². The summed E-state index contributed by atoms with van der Waals surface area (Å²) < 4.78 is 18.3. The maximum Gasteiger partial charge on any atom is 0.165 e. The summed E-state index contributed by atoms with van der Waals surface area (Å²) >= 11 is 1.39. The predicted octanol–water partition coefficient (Wildman–Crippen LogP) is 2.85. The van der Waals surface area contributed by atoms with Gasteiger partial charge in [-0.15, -0.1) is 11.3 Å². The van der Waals surface area contributed by atoms with Gasteiger partial charge in [-0.3, -0.25) is 0 Å². The van der Waals surface area contributed by atoms with Gasteiger partial charge in [-0.2, -0.15) is 0 Å². The lowest BCUT2D eigenvalue weighted by molar-refractivity contribution is 0.386. The smallest absolute Gasteiger partial charge is 0.165 e. The minimum Gasteiger partial charge on any atom is -0.494 e. The Morgan fingerprint density at radius 1 is 1.44 bits per heavy atom. The molecule has 84 valence electrons. The third-order valence-electron chi connectivity index (χ3n) is 2.19. The Bertz CT molecular complexity index is 525. The zero-order valence-corrected chi connectivity index (χ0v) is 9.77. The summed E-state index contributed by atoms with van der Waals surface area (Å²) in [6.45, 7) is 1.87. The molecule has 0 spiro atoms. The van der Waals surface area contributed by atoms with Crippen molar-refractivity contribution in [1.82, 2.24) is 4.98 Å². The van der Waals surface area contributed by atoms with Crippen LogP contribution in [0, 0.1) is 12.7 Å². The molecule has 1 heterocycles. The molecule has 1 aromatic heterocycles. The van der Waals surface area contributed by atoms with Crippen molar-refractivity contribution in [3.8, 4) is 17.0 Å². The highest BCUT2D eigenvalue weighted by Crippen LogP contribution is 2.32. The first-order chi connectivity index (χ1) is 7.61. The van der Waals surface area contributed by atoms with Gasteiger partial charge in [0.1, 0.15) is 10.7 Å². The summed E-state index contributed by atoms with van der Waals surface area (Å²) in [6, 6.07) is 4.69. The summed E-state index contributed by atoms with van der Waals surface area (Å²) in [4.78, 5) is 4.26. The average Bonchev–Trinajstić information content (AvgIpc) is 2.58. The first kappa shape index (κ1) is 10.9. The number of hydrogen-bond donors (Lipinski definition) is 1. The second-order valence-electron chi connectivity index (χ2n) is 3.30. The standard InChI is InChI=1S/C11H11FN2OS/c1-6-14-10(11(13)16-6)7-3-4-9(15-2)8(12)5-7/h3-5H,13H2,1-2H3. The lowest BCUT2D eigenvalue weighted by Crippen LogP contribution is -1.90. The molecule has 0 bridgehead atoms. The molecule has 0 radical (unpaired) electrons. The van der Waals surface area contributed by atoms with Gasteiger partial charge in [-0.1, -0.05) is 0 Å². The number of ether oxygens (including phenoxy) is 1. The normalized spacial score (nSPS) is 10.4. The number of hydrogen-bond acceptors (Lipinski definition) is 4. The van der Waals surface area contributed by atoms with Crippen molar-refractivity contribution < 1.29 is 9.13 Å². The van der Waals surface area contributed by atoms with E-state index in [0.717, 1.165) is 5.01 Å². The number of aromatic nitrogens is 1. The molecule has 2 N–H and O–H groups in total. The van der Waals surface area contributed by atoms with Gasteiger partial charge in [0, 0.05) is 5.56 Å². The predicted molar refractivity (Wildman–Crippen MR) is 63.2 cm³/mol. The Kier molecular flexibility index (Phi) is 2.78. The number of thiazole rings is 1. The Hall–Kier alpha value is -1.62. The molecule has 2 aromatic rings. The summed E-state index contributed by atoms with van der Waals surface area (Å²) in [5, 5.41) is 1.46. The van der Waals surface area contributed by atoms with Crippen molar-refractivity contribution >= 4 is 16.3 Å². The molecule has 0 saturated heterocycles. The monoisotopic (exact) mass is 238 g/mol. The number of nitrogen functional groups attached to an aromatic ring is 1. The maximum atomic E-state index is 13.5. The van der Waals surface area contributed by atoms with Crippen LogP contribution in [0.5, 0.6) is 5.75 Å². The van der Waals surface area contributed by atoms with E-state index in [-0.39, 0.29) is 5.75 Å². The number of rotatable bonds is 2. The Balaban J connectivity index is 2.49. The number of methoxy groups -OCH3 is 1. The number of aryl methyl sites for hydroxylation is 1. The molecule has 3 nitrogen and oxygen atoms in total. The molecular formula is C11H11FN2OS. The first-order valence-electron chi connectivity index (χ1n) is 4.68. The highest BCUT2D eigenvalue weighted by Gasteiger charge is 2.11. The second-order valence-corrected chi connectivity index (χ2v) is 4.53. The first-order valence-corrected chi connectivity index (χ1v) is 5.50. The van der Waals surface area contributed by atoms with Gasteiger partial charge in [-0.05, 0) is 25.1 Å². The van der Waals surface area contributed by atoms with Crippen molar-refractivity contribution in [3.63, 3.8) is 0 Å². The topological polar surface area (TPSA) is 48.1 Å². The van der Waals surface area contributed by atoms with Crippen molar-refractivity contribution in [3.05, 3.63) is 29.0 Å². The summed E-state index contributed by atoms with van der Waals surface area (Å²) in [5.41, 5.74) is 7.09. The zero-order chi connectivity index (χ0) is 11.7. The van der Waals surface area contributed by atoms with E-state index in [1.807, 2.05) is 6.92 Å². The van der Waals surface area contributed by atoms with E-state index in [9.17, 15) is 4.39 Å². The van der Waals surface area contributed by atoms with Gasteiger partial charge in [0.2, 0.25) is 0 Å². The van der Waals surface area contributed by atoms with Crippen LogP contribution >= 0.6 is 11.3 Å². The van der Waals surface area contributed by atoms with Gasteiger partial charge in [-0.25, -0.2) is 9.37 Å². The fraction of sp³-hybridized carbons (Fsp3) is 0.182. The van der Waals surface area contributed by atoms with Crippen LogP contribution in [0.3, 0.4) is 0 Å². The molecule has 0 amide bonds. The van der Waals surface area contributed by atoms with Crippen LogP contribution in [0.25, 0.3) is 11.3 Å². The van der Waals surface area contributed by atoms with Gasteiger partial charge >= 0.3 is 0 Å². The molecule has 0 aliphatic heterocycles. The fourth-order valence-electron chi connectivity index (χ4n) is 1.46. The molecule has 5 heteroatoms. The summed E-state index contributed by atoms with van der Waals surface area (Å²) in [7, 11) is 1.43. The van der Waals surface area contributed by atoms with E-state index in [4.69, 9.17) is 10.5 Å². The third-order valence-corrected chi connectivity index (χ3v) is 2.99. The number of benzene rings is 1. The quantitative estimate of drug-likeness (QED) is 0.875. The lowest BCUT2D eigenvalue weighted by Gasteiger charge is -2.03. The van der Waals surface area contributed by atoms with Crippen molar-refractivity contribution in [2.24, 2.45) is 0 Å². The van der Waals surface area contributed by atoms with E-state index >= 15 is 0 Å². The van der Waals surface area contributed by atoms with Gasteiger partial charge in [0.15, 0.2) is 11.6 Å². The number of nitrogens with two attached hydrogens (primary N) is 1. The zero-order valence-electron chi connectivity index (χ0n) is 8.95. The van der Waals surface area contributed by atoms with Crippen LogP contribution < -0.4 is 10.5 Å². The summed E-state index contributed by atoms with van der Waals surface area (Å²) in [5.74, 6) is -0.195. The van der Waals surface area contributed by atoms with E-state index in [1.54, 1.807) is 12.1 Å². The van der Waals surface area contributed by atoms with Crippen molar-refractivity contribution in [2.45, 2.75) is 6.92 Å². The van der Waals surface area contributed by atoms with E-state index in [0.29, 0.717) is 16.3 Å². The molecule has 16 heavy (non-hydrogen) atoms. The lowest BCUT2D eigenvalue weighted by atomic mass is 10.1. The van der Waals surface area contributed by atoms with Gasteiger partial charge in [0.25, 0.3) is 0 Å². The minimum atomic E-state index is -0.412. The molecule has 0 atom stereocenters. The molecule has 2 rings (SSSR count). The average molecular weight is 238 g/mol. The Morgan fingerprint density at radius 2 is 2.19 bits per heavy atom. The van der Waals surface area contributed by atoms with Crippen LogP contribution in [-0.4, -0.2) is 12.1 Å². The molecule has 0 unspecified atom stereocenters. The largest absolute Gasteiger partial charge is 0.494 e. The molecule has 0 aliphatic rings. The van der Waals surface area contributed by atoms with Crippen LogP contribution in [-0.2, 0) is 0 Å². The highest BCUT2D eigenvalue weighted by molar-refractivity contribution is 7.16. The maximum absolute atomic E-state index is 13.5. The minimum absolute atomic E-state index is 0.217. The number of anilines is 1. The number of nitrogens with zero attached hydrogens (tertiary/aromatic N) is 1. The molecular weight excluding hydrogens is 227 g/mol. The van der Waals surface area contributed by atoms with E-state index < -0.39 is 5.82 Å². The molecule has 0 saturated carbocycles. The van der Waals surface area contributed by atoms with Crippen LogP contribution in [0.1, 0.15) is 5.01 Å².